The first-order valence-corrected chi connectivity index (χ1v) is 8.48. The molecule has 0 unspecified atom stereocenters. The Kier molecular flexibility index (Phi) is 4.81. The summed E-state index contributed by atoms with van der Waals surface area (Å²) < 4.78 is 5.18. The maximum absolute atomic E-state index is 12.7. The van der Waals surface area contributed by atoms with Gasteiger partial charge in [0.15, 0.2) is 5.69 Å². The molecule has 132 valence electrons. The van der Waals surface area contributed by atoms with Crippen LogP contribution in [0.1, 0.15) is 47.5 Å². The Hall–Kier alpha value is -2.34. The molecule has 1 fully saturated rings. The lowest BCUT2D eigenvalue weighted by Crippen LogP contribution is -2.30. The monoisotopic (exact) mass is 362 g/mol. The van der Waals surface area contributed by atoms with Gasteiger partial charge in [-0.05, 0) is 17.7 Å². The molecular weight excluding hydrogens is 344 g/mol. The van der Waals surface area contributed by atoms with E-state index < -0.39 is 11.9 Å². The van der Waals surface area contributed by atoms with E-state index in [4.69, 9.17) is 16.1 Å². The number of benzene rings is 1. The van der Waals surface area contributed by atoms with Gasteiger partial charge < -0.3 is 14.5 Å². The summed E-state index contributed by atoms with van der Waals surface area (Å²) in [6.07, 6.45) is 0. The molecule has 0 spiro atoms. The molecule has 0 saturated carbocycles. The van der Waals surface area contributed by atoms with Crippen molar-refractivity contribution in [1.82, 2.24) is 10.1 Å². The van der Waals surface area contributed by atoms with Gasteiger partial charge in [-0.3, -0.25) is 9.59 Å². The SMILES string of the molecule is CC(C)c1cc(C(=O)N2C[C@@H](C(=O)O)[C@H](c3ccc(Cl)cc3)C2)no1. The van der Waals surface area contributed by atoms with Crippen LogP contribution in [0, 0.1) is 5.92 Å². The average Bonchev–Trinajstić information content (AvgIpc) is 3.22. The van der Waals surface area contributed by atoms with Crippen molar-refractivity contribution in [3.8, 4) is 0 Å². The Morgan fingerprint density at radius 2 is 1.96 bits per heavy atom. The molecule has 25 heavy (non-hydrogen) atoms. The van der Waals surface area contributed by atoms with E-state index in [1.165, 1.54) is 4.90 Å². The fourth-order valence-electron chi connectivity index (χ4n) is 3.09. The van der Waals surface area contributed by atoms with E-state index in [0.29, 0.717) is 17.3 Å². The van der Waals surface area contributed by atoms with Gasteiger partial charge >= 0.3 is 5.97 Å². The van der Waals surface area contributed by atoms with Crippen LogP contribution in [-0.2, 0) is 4.79 Å². The Balaban J connectivity index is 1.82. The highest BCUT2D eigenvalue weighted by Crippen LogP contribution is 2.34. The molecule has 6 nitrogen and oxygen atoms in total. The number of halogens is 1. The van der Waals surface area contributed by atoms with Crippen molar-refractivity contribution in [3.05, 3.63) is 52.4 Å². The fourth-order valence-corrected chi connectivity index (χ4v) is 3.22. The molecule has 1 aliphatic heterocycles. The number of aromatic nitrogens is 1. The highest BCUT2D eigenvalue weighted by atomic mass is 35.5. The lowest BCUT2D eigenvalue weighted by molar-refractivity contribution is -0.141. The molecule has 1 saturated heterocycles. The third-order valence-electron chi connectivity index (χ3n) is 4.54. The highest BCUT2D eigenvalue weighted by Gasteiger charge is 2.41. The number of nitrogens with zero attached hydrogens (tertiary/aromatic N) is 2. The van der Waals surface area contributed by atoms with Crippen LogP contribution < -0.4 is 0 Å². The second kappa shape index (κ2) is 6.88. The molecule has 7 heteroatoms. The zero-order valence-electron chi connectivity index (χ0n) is 14.0. The number of hydrogen-bond donors (Lipinski definition) is 1. The van der Waals surface area contributed by atoms with Crippen molar-refractivity contribution in [2.24, 2.45) is 5.92 Å². The molecular formula is C18H19ClN2O4. The van der Waals surface area contributed by atoms with Crippen LogP contribution in [0.25, 0.3) is 0 Å². The van der Waals surface area contributed by atoms with Crippen molar-refractivity contribution in [3.63, 3.8) is 0 Å². The summed E-state index contributed by atoms with van der Waals surface area (Å²) in [6.45, 7) is 4.36. The first-order valence-electron chi connectivity index (χ1n) is 8.11. The van der Waals surface area contributed by atoms with Gasteiger partial charge in [-0.2, -0.15) is 0 Å². The largest absolute Gasteiger partial charge is 0.481 e. The average molecular weight is 363 g/mol. The normalized spacial score (nSPS) is 20.2. The van der Waals surface area contributed by atoms with E-state index >= 15 is 0 Å². The predicted molar refractivity (Wildman–Crippen MR) is 91.8 cm³/mol. The van der Waals surface area contributed by atoms with Gasteiger partial charge in [0.25, 0.3) is 5.91 Å². The van der Waals surface area contributed by atoms with Crippen molar-refractivity contribution < 1.29 is 19.2 Å². The van der Waals surface area contributed by atoms with Crippen molar-refractivity contribution in [2.75, 3.05) is 13.1 Å². The van der Waals surface area contributed by atoms with E-state index in [1.807, 2.05) is 26.0 Å². The summed E-state index contributed by atoms with van der Waals surface area (Å²) in [7, 11) is 0. The lowest BCUT2D eigenvalue weighted by atomic mass is 9.89. The lowest BCUT2D eigenvalue weighted by Gasteiger charge is -2.15. The second-order valence-electron chi connectivity index (χ2n) is 6.58. The molecule has 1 N–H and O–H groups in total. The maximum Gasteiger partial charge on any atom is 0.308 e. The number of carbonyl (C=O) groups is 2. The van der Waals surface area contributed by atoms with Gasteiger partial charge in [-0.25, -0.2) is 0 Å². The number of amides is 1. The Morgan fingerprint density at radius 3 is 2.52 bits per heavy atom. The van der Waals surface area contributed by atoms with Gasteiger partial charge in [-0.1, -0.05) is 42.7 Å². The van der Waals surface area contributed by atoms with E-state index in [9.17, 15) is 14.7 Å². The van der Waals surface area contributed by atoms with Crippen LogP contribution in [-0.4, -0.2) is 40.1 Å². The molecule has 1 amide bonds. The Bertz CT molecular complexity index is 785. The number of likely N-dealkylation sites (tertiary alicyclic amines) is 1. The minimum absolute atomic E-state index is 0.126. The summed E-state index contributed by atoms with van der Waals surface area (Å²) >= 11 is 5.90. The van der Waals surface area contributed by atoms with Crippen molar-refractivity contribution in [1.29, 1.82) is 0 Å². The van der Waals surface area contributed by atoms with E-state index in [1.54, 1.807) is 18.2 Å². The van der Waals surface area contributed by atoms with Gasteiger partial charge in [0.05, 0.1) is 5.92 Å². The Labute approximate surface area is 150 Å². The van der Waals surface area contributed by atoms with Crippen molar-refractivity contribution in [2.45, 2.75) is 25.7 Å². The summed E-state index contributed by atoms with van der Waals surface area (Å²) in [6, 6.07) is 8.70. The molecule has 1 aliphatic rings. The van der Waals surface area contributed by atoms with Crippen LogP contribution in [0.3, 0.4) is 0 Å². The van der Waals surface area contributed by atoms with E-state index in [2.05, 4.69) is 5.16 Å². The number of carboxylic acid groups (broad SMARTS) is 1. The molecule has 0 bridgehead atoms. The van der Waals surface area contributed by atoms with Crippen LogP contribution in [0.4, 0.5) is 0 Å². The number of carbonyl (C=O) groups excluding carboxylic acids is 1. The minimum Gasteiger partial charge on any atom is -0.481 e. The van der Waals surface area contributed by atoms with E-state index in [0.717, 1.165) is 5.56 Å². The van der Waals surface area contributed by atoms with Crippen molar-refractivity contribution >= 4 is 23.5 Å². The van der Waals surface area contributed by atoms with Crippen LogP contribution in [0.2, 0.25) is 5.02 Å². The number of aliphatic carboxylic acids is 1. The van der Waals surface area contributed by atoms with Gasteiger partial charge in [0.1, 0.15) is 5.76 Å². The minimum atomic E-state index is -0.918. The van der Waals surface area contributed by atoms with Crippen LogP contribution in [0.5, 0.6) is 0 Å². The molecule has 2 aromatic rings. The number of hydrogen-bond acceptors (Lipinski definition) is 4. The van der Waals surface area contributed by atoms with E-state index in [-0.39, 0.29) is 30.0 Å². The fraction of sp³-hybridized carbons (Fsp3) is 0.389. The quantitative estimate of drug-likeness (QED) is 0.901. The predicted octanol–water partition coefficient (Wildman–Crippen LogP) is 3.39. The first kappa shape index (κ1) is 17.5. The molecule has 0 aliphatic carbocycles. The first-order chi connectivity index (χ1) is 11.9. The topological polar surface area (TPSA) is 83.6 Å². The zero-order chi connectivity index (χ0) is 18.1. The molecule has 3 rings (SSSR count). The van der Waals surface area contributed by atoms with Gasteiger partial charge in [0.2, 0.25) is 0 Å². The highest BCUT2D eigenvalue weighted by molar-refractivity contribution is 6.30. The summed E-state index contributed by atoms with van der Waals surface area (Å²) in [5.74, 6) is -1.42. The molecule has 2 heterocycles. The molecule has 1 aromatic heterocycles. The summed E-state index contributed by atoms with van der Waals surface area (Å²) in [5, 5.41) is 14.0. The molecule has 0 radical (unpaired) electrons. The smallest absolute Gasteiger partial charge is 0.308 e. The van der Waals surface area contributed by atoms with Gasteiger partial charge in [0, 0.05) is 36.0 Å². The third-order valence-corrected chi connectivity index (χ3v) is 4.79. The standard InChI is InChI=1S/C18H19ClN2O4/c1-10(2)16-7-15(20-25-16)17(22)21-8-13(14(9-21)18(23)24)11-3-5-12(19)6-4-11/h3-7,10,13-14H,8-9H2,1-2H3,(H,23,24)/t13-,14+/m0/s1. The maximum atomic E-state index is 12.7. The molecule has 1 aromatic carbocycles. The second-order valence-corrected chi connectivity index (χ2v) is 7.02. The third kappa shape index (κ3) is 3.54. The number of carboxylic acids is 1. The Morgan fingerprint density at radius 1 is 1.28 bits per heavy atom. The van der Waals surface area contributed by atoms with Crippen LogP contribution >= 0.6 is 11.6 Å². The summed E-state index contributed by atoms with van der Waals surface area (Å²) in [4.78, 5) is 25.9. The summed E-state index contributed by atoms with van der Waals surface area (Å²) in [5.41, 5.74) is 1.07. The molecule has 2 atom stereocenters. The van der Waals surface area contributed by atoms with Crippen LogP contribution in [0.15, 0.2) is 34.9 Å². The zero-order valence-corrected chi connectivity index (χ0v) is 14.7. The van der Waals surface area contributed by atoms with Gasteiger partial charge in [-0.15, -0.1) is 0 Å². The number of rotatable bonds is 4.